The number of hydrogen-bond donors (Lipinski definition) is 4. The highest BCUT2D eigenvalue weighted by atomic mass is 16.4. The van der Waals surface area contributed by atoms with Crippen LogP contribution in [0.25, 0.3) is 0 Å². The summed E-state index contributed by atoms with van der Waals surface area (Å²) in [7, 11) is 0. The van der Waals surface area contributed by atoms with Crippen LogP contribution in [0.3, 0.4) is 0 Å². The maximum absolute atomic E-state index is 11.9. The van der Waals surface area contributed by atoms with Crippen molar-refractivity contribution in [1.29, 1.82) is 0 Å². The van der Waals surface area contributed by atoms with Crippen LogP contribution in [0.2, 0.25) is 0 Å². The van der Waals surface area contributed by atoms with Gasteiger partial charge in [0.25, 0.3) is 0 Å². The fourth-order valence-corrected chi connectivity index (χ4v) is 2.30. The molecule has 0 radical (unpaired) electrons. The van der Waals surface area contributed by atoms with Gasteiger partial charge in [0, 0.05) is 19.0 Å². The van der Waals surface area contributed by atoms with Crippen LogP contribution in [-0.4, -0.2) is 40.9 Å². The van der Waals surface area contributed by atoms with Crippen LogP contribution in [0.4, 0.5) is 4.79 Å². The highest BCUT2D eigenvalue weighted by molar-refractivity contribution is 5.74. The molecule has 6 heteroatoms. The van der Waals surface area contributed by atoms with Crippen molar-refractivity contribution in [2.75, 3.05) is 6.54 Å². The van der Waals surface area contributed by atoms with Crippen molar-refractivity contribution < 1.29 is 19.8 Å². The summed E-state index contributed by atoms with van der Waals surface area (Å²) in [6.45, 7) is 2.15. The first kappa shape index (κ1) is 19.0. The van der Waals surface area contributed by atoms with Gasteiger partial charge in [-0.1, -0.05) is 43.7 Å². The summed E-state index contributed by atoms with van der Waals surface area (Å²) in [5.74, 6) is -0.886. The molecule has 1 aromatic rings. The molecule has 1 rings (SSSR count). The van der Waals surface area contributed by atoms with Gasteiger partial charge in [-0.15, -0.1) is 0 Å². The van der Waals surface area contributed by atoms with Gasteiger partial charge in [0.2, 0.25) is 0 Å². The monoisotopic (exact) mass is 322 g/mol. The lowest BCUT2D eigenvalue weighted by Crippen LogP contribution is -2.45. The van der Waals surface area contributed by atoms with Gasteiger partial charge in [0.15, 0.2) is 0 Å². The highest BCUT2D eigenvalue weighted by Crippen LogP contribution is 2.08. The number of amides is 2. The van der Waals surface area contributed by atoms with Crippen LogP contribution in [0, 0.1) is 0 Å². The minimum atomic E-state index is -0.886. The molecule has 0 aliphatic heterocycles. The number of carbonyl (C=O) groups is 2. The zero-order valence-corrected chi connectivity index (χ0v) is 13.5. The van der Waals surface area contributed by atoms with E-state index >= 15 is 0 Å². The number of aliphatic hydroxyl groups is 1. The third-order valence-electron chi connectivity index (χ3n) is 3.49. The number of carboxylic acid groups (broad SMARTS) is 1. The van der Waals surface area contributed by atoms with Crippen molar-refractivity contribution in [1.82, 2.24) is 10.6 Å². The predicted octanol–water partition coefficient (Wildman–Crippen LogP) is 1.92. The molecule has 2 unspecified atom stereocenters. The Morgan fingerprint density at radius 1 is 1.17 bits per heavy atom. The number of aliphatic hydroxyl groups excluding tert-OH is 1. The second-order valence-electron chi connectivity index (χ2n) is 5.62. The number of benzene rings is 1. The van der Waals surface area contributed by atoms with E-state index in [0.29, 0.717) is 19.3 Å². The molecule has 0 fully saturated rings. The van der Waals surface area contributed by atoms with Crippen LogP contribution >= 0.6 is 0 Å². The summed E-state index contributed by atoms with van der Waals surface area (Å²) >= 11 is 0. The Morgan fingerprint density at radius 2 is 1.87 bits per heavy atom. The molecule has 0 aliphatic rings. The average molecular weight is 322 g/mol. The molecule has 0 spiro atoms. The molecule has 0 saturated carbocycles. The molecule has 0 saturated heterocycles. The molecule has 4 N–H and O–H groups in total. The van der Waals surface area contributed by atoms with Crippen LogP contribution in [0.1, 0.15) is 38.2 Å². The minimum Gasteiger partial charge on any atom is -0.481 e. The number of nitrogens with one attached hydrogen (secondary N) is 2. The molecule has 128 valence electrons. The smallest absolute Gasteiger partial charge is 0.315 e. The Bertz CT molecular complexity index is 479. The van der Waals surface area contributed by atoms with Crippen molar-refractivity contribution in [3.05, 3.63) is 35.9 Å². The van der Waals surface area contributed by atoms with E-state index < -0.39 is 12.1 Å². The normalized spacial score (nSPS) is 13.1. The molecular formula is C17H26N2O4. The summed E-state index contributed by atoms with van der Waals surface area (Å²) in [5.41, 5.74) is 1.04. The summed E-state index contributed by atoms with van der Waals surface area (Å²) in [5, 5.41) is 23.9. The standard InChI is InChI=1S/C17H26N2O4/c1-2-6-15(20)12-18-17(23)19-14(9-10-16(21)22)11-13-7-4-3-5-8-13/h3-5,7-8,14-15,20H,2,6,9-12H2,1H3,(H,21,22)(H2,18,19,23). The maximum atomic E-state index is 11.9. The highest BCUT2D eigenvalue weighted by Gasteiger charge is 2.15. The minimum absolute atomic E-state index is 0.00373. The van der Waals surface area contributed by atoms with Crippen molar-refractivity contribution in [3.63, 3.8) is 0 Å². The number of carboxylic acids is 1. The van der Waals surface area contributed by atoms with E-state index in [1.165, 1.54) is 0 Å². The van der Waals surface area contributed by atoms with Crippen molar-refractivity contribution >= 4 is 12.0 Å². The molecule has 2 atom stereocenters. The van der Waals surface area contributed by atoms with E-state index in [-0.39, 0.29) is 25.0 Å². The molecule has 6 nitrogen and oxygen atoms in total. The van der Waals surface area contributed by atoms with E-state index in [1.54, 1.807) is 0 Å². The van der Waals surface area contributed by atoms with E-state index in [0.717, 1.165) is 12.0 Å². The number of rotatable bonds is 10. The number of hydrogen-bond acceptors (Lipinski definition) is 3. The number of urea groups is 1. The lowest BCUT2D eigenvalue weighted by atomic mass is 10.0. The van der Waals surface area contributed by atoms with Gasteiger partial charge in [0.1, 0.15) is 0 Å². The lowest BCUT2D eigenvalue weighted by Gasteiger charge is -2.19. The van der Waals surface area contributed by atoms with E-state index in [4.69, 9.17) is 5.11 Å². The Morgan fingerprint density at radius 3 is 2.48 bits per heavy atom. The number of aliphatic carboxylic acids is 1. The summed E-state index contributed by atoms with van der Waals surface area (Å²) in [6.07, 6.45) is 1.84. The summed E-state index contributed by atoms with van der Waals surface area (Å²) in [4.78, 5) is 22.7. The van der Waals surface area contributed by atoms with Gasteiger partial charge in [-0.3, -0.25) is 4.79 Å². The lowest BCUT2D eigenvalue weighted by molar-refractivity contribution is -0.137. The average Bonchev–Trinajstić information content (AvgIpc) is 2.52. The predicted molar refractivity (Wildman–Crippen MR) is 88.3 cm³/mol. The molecule has 1 aromatic carbocycles. The Hall–Kier alpha value is -2.08. The summed E-state index contributed by atoms with van der Waals surface area (Å²) in [6, 6.07) is 8.96. The maximum Gasteiger partial charge on any atom is 0.315 e. The first-order valence-corrected chi connectivity index (χ1v) is 7.99. The quantitative estimate of drug-likeness (QED) is 0.529. The first-order valence-electron chi connectivity index (χ1n) is 7.99. The fourth-order valence-electron chi connectivity index (χ4n) is 2.30. The molecule has 0 aromatic heterocycles. The zero-order chi connectivity index (χ0) is 17.1. The third kappa shape index (κ3) is 8.83. The Kier molecular flexibility index (Phi) is 8.75. The van der Waals surface area contributed by atoms with Gasteiger partial charge in [-0.2, -0.15) is 0 Å². The van der Waals surface area contributed by atoms with Gasteiger partial charge in [-0.25, -0.2) is 4.79 Å². The Labute approximate surface area is 136 Å². The SMILES string of the molecule is CCCC(O)CNC(=O)NC(CCC(=O)O)Cc1ccccc1. The van der Waals surface area contributed by atoms with Crippen LogP contribution in [0.5, 0.6) is 0 Å². The van der Waals surface area contributed by atoms with Crippen molar-refractivity contribution in [3.8, 4) is 0 Å². The van der Waals surface area contributed by atoms with Gasteiger partial charge in [0.05, 0.1) is 6.10 Å². The number of carbonyl (C=O) groups excluding carboxylic acids is 1. The van der Waals surface area contributed by atoms with Gasteiger partial charge < -0.3 is 20.8 Å². The molecule has 2 amide bonds. The van der Waals surface area contributed by atoms with Gasteiger partial charge in [-0.05, 0) is 24.8 Å². The van der Waals surface area contributed by atoms with E-state index in [1.807, 2.05) is 37.3 Å². The topological polar surface area (TPSA) is 98.7 Å². The summed E-state index contributed by atoms with van der Waals surface area (Å²) < 4.78 is 0. The molecule has 23 heavy (non-hydrogen) atoms. The van der Waals surface area contributed by atoms with Crippen molar-refractivity contribution in [2.24, 2.45) is 0 Å². The first-order chi connectivity index (χ1) is 11.0. The van der Waals surface area contributed by atoms with E-state index in [2.05, 4.69) is 10.6 Å². The molecule has 0 aliphatic carbocycles. The van der Waals surface area contributed by atoms with Crippen LogP contribution in [-0.2, 0) is 11.2 Å². The van der Waals surface area contributed by atoms with E-state index in [9.17, 15) is 14.7 Å². The zero-order valence-electron chi connectivity index (χ0n) is 13.5. The largest absolute Gasteiger partial charge is 0.481 e. The van der Waals surface area contributed by atoms with Crippen LogP contribution < -0.4 is 10.6 Å². The molecule has 0 heterocycles. The van der Waals surface area contributed by atoms with Crippen LogP contribution in [0.15, 0.2) is 30.3 Å². The third-order valence-corrected chi connectivity index (χ3v) is 3.49. The second-order valence-corrected chi connectivity index (χ2v) is 5.62. The Balaban J connectivity index is 2.50. The van der Waals surface area contributed by atoms with Gasteiger partial charge >= 0.3 is 12.0 Å². The second kappa shape index (κ2) is 10.6. The fraction of sp³-hybridized carbons (Fsp3) is 0.529. The van der Waals surface area contributed by atoms with Crippen molar-refractivity contribution in [2.45, 2.75) is 51.2 Å². The molecule has 0 bridgehead atoms. The molecular weight excluding hydrogens is 296 g/mol.